The molecule has 3 heteroatoms. The summed E-state index contributed by atoms with van der Waals surface area (Å²) in [6, 6.07) is 81.9. The van der Waals surface area contributed by atoms with Gasteiger partial charge < -0.3 is 9.13 Å². The number of benzene rings is 13. The lowest BCUT2D eigenvalue weighted by Crippen LogP contribution is -2.59. The van der Waals surface area contributed by atoms with E-state index < -0.39 is 0 Å². The second-order valence-corrected chi connectivity index (χ2v) is 24.3. The maximum atomic E-state index is 2.73. The van der Waals surface area contributed by atoms with Gasteiger partial charge in [0.25, 0.3) is 6.71 Å². The van der Waals surface area contributed by atoms with Gasteiger partial charge in [0.1, 0.15) is 0 Å². The van der Waals surface area contributed by atoms with E-state index in [2.05, 4.69) is 263 Å². The summed E-state index contributed by atoms with van der Waals surface area (Å²) in [5.74, 6) is 0. The number of aromatic nitrogens is 2. The van der Waals surface area contributed by atoms with Crippen LogP contribution in [-0.2, 0) is 10.8 Å². The summed E-state index contributed by atoms with van der Waals surface area (Å²) in [5, 5.41) is 20.8. The van der Waals surface area contributed by atoms with Crippen LogP contribution in [0.4, 0.5) is 0 Å². The molecule has 15 aromatic rings. The zero-order valence-electron chi connectivity index (χ0n) is 44.2. The number of fused-ring (bicyclic) bond motifs is 24. The van der Waals surface area contributed by atoms with Gasteiger partial charge in [0.15, 0.2) is 0 Å². The van der Waals surface area contributed by atoms with Crippen molar-refractivity contribution in [1.82, 2.24) is 9.13 Å². The van der Waals surface area contributed by atoms with Crippen molar-refractivity contribution in [2.24, 2.45) is 0 Å². The Kier molecular flexibility index (Phi) is 8.40. The molecule has 0 fully saturated rings. The van der Waals surface area contributed by atoms with Crippen LogP contribution in [0.2, 0.25) is 0 Å². The normalized spacial score (nSPS) is 13.3. The fourth-order valence-corrected chi connectivity index (χ4v) is 14.6. The summed E-state index contributed by atoms with van der Waals surface area (Å²) in [4.78, 5) is 0. The Morgan fingerprint density at radius 2 is 0.805 bits per heavy atom. The molecule has 2 aromatic heterocycles. The van der Waals surface area contributed by atoms with Gasteiger partial charge in [-0.1, -0.05) is 217 Å². The van der Waals surface area contributed by atoms with Crippen LogP contribution in [0.15, 0.2) is 212 Å². The second-order valence-electron chi connectivity index (χ2n) is 24.3. The number of rotatable bonds is 2. The standard InChI is InChI=1S/C74H53BN2/c1-73(2,3)44-32-34-63-57(38-44)59-39-45(74(4,5)6)40-62-70(59)77(63)72-67-55-31-19-17-27-51(55)49-25-13-15-29-53(49)58(67)41-65-69(72)75(62)61-37-43(47-23-11-10-22-46(47)42-20-8-7-9-21-42)36-60-68-64(76(65)71(60)61)35-33-56-52-28-14-12-24-48(52)50-26-16-18-30-54(50)66(56)68/h7-41H,1-6H3. The Labute approximate surface area is 447 Å². The third kappa shape index (κ3) is 5.66. The first-order valence-corrected chi connectivity index (χ1v) is 27.5. The van der Waals surface area contributed by atoms with Gasteiger partial charge in [0.05, 0.1) is 16.7 Å². The summed E-state index contributed by atoms with van der Waals surface area (Å²) >= 11 is 0. The largest absolute Gasteiger partial charge is 0.310 e. The van der Waals surface area contributed by atoms with Gasteiger partial charge in [0.2, 0.25) is 0 Å². The zero-order valence-corrected chi connectivity index (χ0v) is 44.2. The number of hydrogen-bond acceptors (Lipinski definition) is 0. The van der Waals surface area contributed by atoms with E-state index in [9.17, 15) is 0 Å². The SMILES string of the molecule is CC(C)(C)c1ccc2c(c1)c1cc(C(C)(C)C)cc3c1n2-c1c2c(cc4c5ccccc5c5ccccc5c14)-n1c4ccc5c6ccccc6c6ccccc6c5c4c4cc(-c5ccccc5-c5ccccc5)cc(c41)B23. The highest BCUT2D eigenvalue weighted by atomic mass is 15.0. The van der Waals surface area contributed by atoms with Crippen LogP contribution in [0.25, 0.3) is 142 Å². The van der Waals surface area contributed by atoms with E-state index in [1.807, 2.05) is 0 Å². The fourth-order valence-electron chi connectivity index (χ4n) is 14.6. The first kappa shape index (κ1) is 43.3. The minimum absolute atomic E-state index is 0.0277. The van der Waals surface area contributed by atoms with Gasteiger partial charge in [-0.25, -0.2) is 0 Å². The molecule has 13 aromatic carbocycles. The van der Waals surface area contributed by atoms with Gasteiger partial charge in [-0.3, -0.25) is 0 Å². The lowest BCUT2D eigenvalue weighted by Gasteiger charge is -2.36. The smallest absolute Gasteiger partial charge is 0.252 e. The van der Waals surface area contributed by atoms with E-state index in [1.54, 1.807) is 0 Å². The lowest BCUT2D eigenvalue weighted by molar-refractivity contribution is 0.590. The van der Waals surface area contributed by atoms with Crippen molar-refractivity contribution in [3.05, 3.63) is 223 Å². The molecule has 362 valence electrons. The minimum atomic E-state index is -0.111. The molecular weight excluding hydrogens is 928 g/mol. The third-order valence-electron chi connectivity index (χ3n) is 18.1. The Morgan fingerprint density at radius 3 is 1.44 bits per heavy atom. The van der Waals surface area contributed by atoms with Gasteiger partial charge >= 0.3 is 0 Å². The van der Waals surface area contributed by atoms with Crippen molar-refractivity contribution in [2.75, 3.05) is 0 Å². The van der Waals surface area contributed by atoms with Gasteiger partial charge in [-0.2, -0.15) is 0 Å². The zero-order chi connectivity index (χ0) is 51.4. The Bertz CT molecular complexity index is 5140. The molecular formula is C74H53BN2. The summed E-state index contributed by atoms with van der Waals surface area (Å²) in [5.41, 5.74) is 19.3. The summed E-state index contributed by atoms with van der Waals surface area (Å²) in [6.45, 7) is 14.1. The molecule has 0 aliphatic carbocycles. The molecule has 0 saturated heterocycles. The minimum Gasteiger partial charge on any atom is -0.310 e. The maximum Gasteiger partial charge on any atom is 0.252 e. The van der Waals surface area contributed by atoms with Crippen LogP contribution in [0, 0.1) is 0 Å². The molecule has 4 heterocycles. The average Bonchev–Trinajstić information content (AvgIpc) is 4.22. The monoisotopic (exact) mass is 980 g/mol. The molecule has 0 radical (unpaired) electrons. The Balaban J connectivity index is 1.16. The molecule has 0 spiro atoms. The van der Waals surface area contributed by atoms with Crippen LogP contribution in [0.1, 0.15) is 52.7 Å². The van der Waals surface area contributed by atoms with Crippen LogP contribution < -0.4 is 16.4 Å². The highest BCUT2D eigenvalue weighted by molar-refractivity contribution is 7.00. The molecule has 0 amide bonds. The van der Waals surface area contributed by atoms with Crippen molar-refractivity contribution in [2.45, 2.75) is 52.4 Å². The molecule has 0 saturated carbocycles. The van der Waals surface area contributed by atoms with Crippen molar-refractivity contribution in [1.29, 1.82) is 0 Å². The molecule has 77 heavy (non-hydrogen) atoms. The number of hydrogen-bond donors (Lipinski definition) is 0. The molecule has 0 unspecified atom stereocenters. The Hall–Kier alpha value is -8.92. The van der Waals surface area contributed by atoms with Crippen molar-refractivity contribution in [3.63, 3.8) is 0 Å². The molecule has 2 nitrogen and oxygen atoms in total. The quantitative estimate of drug-likeness (QED) is 0.121. The van der Waals surface area contributed by atoms with E-state index in [1.165, 1.54) is 169 Å². The van der Waals surface area contributed by atoms with Gasteiger partial charge in [-0.15, -0.1) is 0 Å². The fraction of sp³-hybridized carbons (Fsp3) is 0.108. The molecule has 2 aliphatic rings. The predicted molar refractivity (Wildman–Crippen MR) is 333 cm³/mol. The topological polar surface area (TPSA) is 9.86 Å². The van der Waals surface area contributed by atoms with Crippen molar-refractivity contribution in [3.8, 4) is 33.6 Å². The van der Waals surface area contributed by atoms with E-state index in [4.69, 9.17) is 0 Å². The third-order valence-corrected chi connectivity index (χ3v) is 18.1. The summed E-state index contributed by atoms with van der Waals surface area (Å²) in [6.07, 6.45) is 0. The first-order chi connectivity index (χ1) is 37.5. The van der Waals surface area contributed by atoms with Crippen LogP contribution in [0.3, 0.4) is 0 Å². The maximum absolute atomic E-state index is 2.73. The molecule has 0 atom stereocenters. The van der Waals surface area contributed by atoms with Crippen LogP contribution >= 0.6 is 0 Å². The number of nitrogens with zero attached hydrogens (tertiary/aromatic N) is 2. The summed E-state index contributed by atoms with van der Waals surface area (Å²) < 4.78 is 5.45. The summed E-state index contributed by atoms with van der Waals surface area (Å²) in [7, 11) is 0. The van der Waals surface area contributed by atoms with E-state index >= 15 is 0 Å². The molecule has 2 aliphatic heterocycles. The van der Waals surface area contributed by atoms with Gasteiger partial charge in [-0.05, 0) is 151 Å². The van der Waals surface area contributed by atoms with E-state index in [0.29, 0.717) is 0 Å². The van der Waals surface area contributed by atoms with E-state index in [-0.39, 0.29) is 17.5 Å². The predicted octanol–water partition coefficient (Wildman–Crippen LogP) is 17.9. The highest BCUT2D eigenvalue weighted by Crippen LogP contribution is 2.50. The van der Waals surface area contributed by atoms with Crippen LogP contribution in [-0.4, -0.2) is 15.8 Å². The molecule has 17 rings (SSSR count). The van der Waals surface area contributed by atoms with Gasteiger partial charge in [0, 0.05) is 49.0 Å². The van der Waals surface area contributed by atoms with E-state index in [0.717, 1.165) is 0 Å². The van der Waals surface area contributed by atoms with Crippen LogP contribution in [0.5, 0.6) is 0 Å². The highest BCUT2D eigenvalue weighted by Gasteiger charge is 2.43. The first-order valence-electron chi connectivity index (χ1n) is 27.5. The molecule has 0 bridgehead atoms. The second kappa shape index (κ2) is 14.9. The Morgan fingerprint density at radius 1 is 0.312 bits per heavy atom. The van der Waals surface area contributed by atoms with Crippen molar-refractivity contribution < 1.29 is 0 Å². The average molecular weight is 981 g/mol. The molecule has 0 N–H and O–H groups in total. The lowest BCUT2D eigenvalue weighted by atomic mass is 9.33. The van der Waals surface area contributed by atoms with Crippen molar-refractivity contribution >= 4 is 131 Å².